The Morgan fingerprint density at radius 2 is 2.16 bits per heavy atom. The monoisotopic (exact) mass is 356 g/mol. The number of nitrogens with zero attached hydrogens (tertiary/aromatic N) is 3. The maximum atomic E-state index is 12.1. The Bertz CT molecular complexity index is 861. The number of nitrogens with one attached hydrogen (secondary N) is 3. The van der Waals surface area contributed by atoms with Crippen molar-refractivity contribution in [1.82, 2.24) is 24.9 Å². The predicted octanol–water partition coefficient (Wildman–Crippen LogP) is 2.13. The number of aromatic amines is 2. The van der Waals surface area contributed by atoms with E-state index in [2.05, 4.69) is 30.2 Å². The van der Waals surface area contributed by atoms with Crippen LogP contribution in [-0.2, 0) is 12.2 Å². The van der Waals surface area contributed by atoms with Crippen LogP contribution in [0.3, 0.4) is 0 Å². The molecule has 0 fully saturated rings. The van der Waals surface area contributed by atoms with Gasteiger partial charge >= 0.3 is 0 Å². The summed E-state index contributed by atoms with van der Waals surface area (Å²) in [6.45, 7) is 2.74. The summed E-state index contributed by atoms with van der Waals surface area (Å²) in [6, 6.07) is 5.65. The molecule has 7 nitrogen and oxygen atoms in total. The fourth-order valence-electron chi connectivity index (χ4n) is 2.28. The normalized spacial score (nSPS) is 10.8. The van der Waals surface area contributed by atoms with E-state index in [0.717, 1.165) is 35.1 Å². The lowest BCUT2D eigenvalue weighted by molar-refractivity contribution is 0.982. The summed E-state index contributed by atoms with van der Waals surface area (Å²) >= 11 is 1.78. The minimum atomic E-state index is -0.136. The third-order valence-corrected chi connectivity index (χ3v) is 4.65. The lowest BCUT2D eigenvalue weighted by atomic mass is 10.2. The van der Waals surface area contributed by atoms with Crippen LogP contribution in [0.4, 0.5) is 5.95 Å². The minimum Gasteiger partial charge on any atom is -0.355 e. The lowest BCUT2D eigenvalue weighted by Gasteiger charge is -2.06. The third kappa shape index (κ3) is 4.93. The fourth-order valence-corrected chi connectivity index (χ4v) is 3.15. The molecule has 0 aromatic carbocycles. The van der Waals surface area contributed by atoms with Crippen molar-refractivity contribution in [3.05, 3.63) is 69.9 Å². The summed E-state index contributed by atoms with van der Waals surface area (Å²) in [5.74, 6) is 2.25. The summed E-state index contributed by atoms with van der Waals surface area (Å²) in [5.41, 5.74) is 3.50. The van der Waals surface area contributed by atoms with Gasteiger partial charge in [0.25, 0.3) is 5.56 Å². The molecule has 3 N–H and O–H groups in total. The van der Waals surface area contributed by atoms with Crippen LogP contribution in [0.2, 0.25) is 0 Å². The van der Waals surface area contributed by atoms with Gasteiger partial charge in [0.15, 0.2) is 0 Å². The molecule has 130 valence electrons. The van der Waals surface area contributed by atoms with Crippen molar-refractivity contribution in [3.63, 3.8) is 0 Å². The number of pyridine rings is 1. The van der Waals surface area contributed by atoms with Crippen LogP contribution in [0, 0.1) is 6.92 Å². The summed E-state index contributed by atoms with van der Waals surface area (Å²) in [7, 11) is 0. The maximum absolute atomic E-state index is 12.1. The van der Waals surface area contributed by atoms with E-state index in [1.807, 2.05) is 25.1 Å². The molecule has 3 rings (SSSR count). The standard InChI is InChI=1S/C17H20N6OS/c1-12-15(22-11-21-12)10-25-7-6-19-17-20-9-13(16(24)23-17)8-14-4-2-3-5-18-14/h2-5,9,11H,6-8,10H2,1H3,(H,21,22)(H2,19,20,23,24). The van der Waals surface area contributed by atoms with Crippen LogP contribution in [0.5, 0.6) is 0 Å². The van der Waals surface area contributed by atoms with Gasteiger partial charge in [-0.05, 0) is 19.1 Å². The first kappa shape index (κ1) is 17.2. The van der Waals surface area contributed by atoms with Gasteiger partial charge in [-0.3, -0.25) is 14.8 Å². The number of hydrogen-bond acceptors (Lipinski definition) is 6. The number of hydrogen-bond donors (Lipinski definition) is 3. The second-order valence-corrected chi connectivity index (χ2v) is 6.64. The number of rotatable bonds is 8. The number of H-pyrrole nitrogens is 2. The number of imidazole rings is 1. The van der Waals surface area contributed by atoms with Gasteiger partial charge in [0.1, 0.15) is 0 Å². The molecular weight excluding hydrogens is 336 g/mol. The Labute approximate surface area is 149 Å². The molecule has 0 atom stereocenters. The Balaban J connectivity index is 1.46. The molecule has 0 aliphatic carbocycles. The van der Waals surface area contributed by atoms with Crippen molar-refractivity contribution in [2.75, 3.05) is 17.6 Å². The zero-order chi connectivity index (χ0) is 17.5. The summed E-state index contributed by atoms with van der Waals surface area (Å²) in [5, 5.41) is 3.14. The third-order valence-electron chi connectivity index (χ3n) is 3.68. The number of anilines is 1. The molecule has 3 aromatic heterocycles. The number of thioether (sulfide) groups is 1. The molecule has 0 aliphatic rings. The quantitative estimate of drug-likeness (QED) is 0.535. The van der Waals surface area contributed by atoms with Crippen LogP contribution in [0.15, 0.2) is 41.7 Å². The van der Waals surface area contributed by atoms with Crippen LogP contribution in [-0.4, -0.2) is 37.2 Å². The van der Waals surface area contributed by atoms with E-state index in [4.69, 9.17) is 0 Å². The highest BCUT2D eigenvalue weighted by Gasteiger charge is 2.05. The van der Waals surface area contributed by atoms with Gasteiger partial charge in [-0.25, -0.2) is 9.97 Å². The Morgan fingerprint density at radius 1 is 1.24 bits per heavy atom. The van der Waals surface area contributed by atoms with Crippen molar-refractivity contribution in [2.24, 2.45) is 0 Å². The van der Waals surface area contributed by atoms with Crippen molar-refractivity contribution >= 4 is 17.7 Å². The molecule has 0 aliphatic heterocycles. The zero-order valence-electron chi connectivity index (χ0n) is 14.0. The molecule has 25 heavy (non-hydrogen) atoms. The fraction of sp³-hybridized carbons (Fsp3) is 0.294. The van der Waals surface area contributed by atoms with Gasteiger partial charge in [-0.1, -0.05) is 6.07 Å². The molecule has 0 saturated heterocycles. The van der Waals surface area contributed by atoms with E-state index in [1.165, 1.54) is 0 Å². The zero-order valence-corrected chi connectivity index (χ0v) is 14.8. The van der Waals surface area contributed by atoms with Crippen molar-refractivity contribution in [1.29, 1.82) is 0 Å². The highest BCUT2D eigenvalue weighted by atomic mass is 32.2. The van der Waals surface area contributed by atoms with E-state index >= 15 is 0 Å². The summed E-state index contributed by atoms with van der Waals surface area (Å²) in [4.78, 5) is 30.8. The van der Waals surface area contributed by atoms with Gasteiger partial charge in [0, 0.05) is 53.8 Å². The van der Waals surface area contributed by atoms with Gasteiger partial charge in [-0.15, -0.1) is 0 Å². The van der Waals surface area contributed by atoms with Crippen molar-refractivity contribution in [3.8, 4) is 0 Å². The predicted molar refractivity (Wildman–Crippen MR) is 99.9 cm³/mol. The van der Waals surface area contributed by atoms with E-state index < -0.39 is 0 Å². The molecule has 0 bridgehead atoms. The molecule has 3 aromatic rings. The molecule has 0 radical (unpaired) electrons. The molecule has 0 saturated carbocycles. The minimum absolute atomic E-state index is 0.136. The Hall–Kier alpha value is -2.61. The largest absolute Gasteiger partial charge is 0.355 e. The first-order valence-electron chi connectivity index (χ1n) is 8.01. The van der Waals surface area contributed by atoms with Crippen molar-refractivity contribution in [2.45, 2.75) is 19.1 Å². The smallest absolute Gasteiger partial charge is 0.255 e. The van der Waals surface area contributed by atoms with Gasteiger partial charge in [0.05, 0.1) is 12.0 Å². The van der Waals surface area contributed by atoms with Crippen LogP contribution in [0.1, 0.15) is 22.6 Å². The van der Waals surface area contributed by atoms with Gasteiger partial charge in [-0.2, -0.15) is 11.8 Å². The van der Waals surface area contributed by atoms with Crippen LogP contribution in [0.25, 0.3) is 0 Å². The first-order chi connectivity index (χ1) is 12.2. The molecule has 0 spiro atoms. The van der Waals surface area contributed by atoms with E-state index in [1.54, 1.807) is 30.5 Å². The molecule has 0 unspecified atom stereocenters. The maximum Gasteiger partial charge on any atom is 0.255 e. The summed E-state index contributed by atoms with van der Waals surface area (Å²) < 4.78 is 0. The van der Waals surface area contributed by atoms with E-state index in [-0.39, 0.29) is 5.56 Å². The highest BCUT2D eigenvalue weighted by molar-refractivity contribution is 7.98. The first-order valence-corrected chi connectivity index (χ1v) is 9.16. The molecule has 0 amide bonds. The average molecular weight is 356 g/mol. The van der Waals surface area contributed by atoms with Gasteiger partial charge in [0.2, 0.25) is 5.95 Å². The molecular formula is C17H20N6OS. The Kier molecular flexibility index (Phi) is 5.84. The number of aryl methyl sites for hydroxylation is 1. The number of aromatic nitrogens is 5. The second-order valence-electron chi connectivity index (χ2n) is 5.54. The molecule has 3 heterocycles. The lowest BCUT2D eigenvalue weighted by Crippen LogP contribution is -2.18. The average Bonchev–Trinajstić information content (AvgIpc) is 3.03. The topological polar surface area (TPSA) is 99.3 Å². The van der Waals surface area contributed by atoms with Crippen LogP contribution >= 0.6 is 11.8 Å². The summed E-state index contributed by atoms with van der Waals surface area (Å²) in [6.07, 6.45) is 5.51. The van der Waals surface area contributed by atoms with Gasteiger partial charge < -0.3 is 10.3 Å². The van der Waals surface area contributed by atoms with E-state index in [0.29, 0.717) is 17.9 Å². The molecule has 8 heteroatoms. The highest BCUT2D eigenvalue weighted by Crippen LogP contribution is 2.12. The van der Waals surface area contributed by atoms with E-state index in [9.17, 15) is 4.79 Å². The van der Waals surface area contributed by atoms with Crippen molar-refractivity contribution < 1.29 is 0 Å². The SMILES string of the molecule is Cc1[nH]cnc1CSCCNc1ncc(Cc2ccccn2)c(=O)[nH]1. The van der Waals surface area contributed by atoms with Crippen LogP contribution < -0.4 is 10.9 Å². The second kappa shape index (κ2) is 8.48. The Morgan fingerprint density at radius 3 is 2.88 bits per heavy atom.